The van der Waals surface area contributed by atoms with Crippen molar-refractivity contribution in [3.05, 3.63) is 150 Å². The van der Waals surface area contributed by atoms with Crippen molar-refractivity contribution in [3.63, 3.8) is 0 Å². The first-order chi connectivity index (χ1) is 17.8. The zero-order chi connectivity index (χ0) is 24.5. The van der Waals surface area contributed by atoms with E-state index >= 15 is 0 Å². The van der Waals surface area contributed by atoms with Crippen molar-refractivity contribution in [3.8, 4) is 11.5 Å². The second kappa shape index (κ2) is 8.94. The molecular formula is C33H27NO2. The molecule has 0 N–H and O–H groups in total. The Labute approximate surface area is 212 Å². The Morgan fingerprint density at radius 3 is 1.33 bits per heavy atom. The molecule has 0 spiro atoms. The number of methoxy groups -OCH3 is 2. The van der Waals surface area contributed by atoms with Crippen LogP contribution in [0.3, 0.4) is 0 Å². The summed E-state index contributed by atoms with van der Waals surface area (Å²) in [5.41, 5.74) is 7.74. The number of hydrogen-bond donors (Lipinski definition) is 0. The molecule has 0 radical (unpaired) electrons. The SMILES string of the molecule is COc1ccc(C2(c3ccc(OC)cc3)c3ccccc3N(c3ccccc3)c3ccccc32)cc1. The Morgan fingerprint density at radius 1 is 0.472 bits per heavy atom. The molecule has 0 aromatic heterocycles. The lowest BCUT2D eigenvalue weighted by Gasteiger charge is -2.46. The van der Waals surface area contributed by atoms with Crippen molar-refractivity contribution in [2.75, 3.05) is 19.1 Å². The van der Waals surface area contributed by atoms with Gasteiger partial charge in [0.1, 0.15) is 11.5 Å². The number of fused-ring (bicyclic) bond motifs is 2. The number of para-hydroxylation sites is 3. The molecule has 1 aliphatic heterocycles. The molecule has 5 aromatic carbocycles. The maximum absolute atomic E-state index is 5.51. The maximum atomic E-state index is 5.51. The third kappa shape index (κ3) is 3.28. The summed E-state index contributed by atoms with van der Waals surface area (Å²) < 4.78 is 11.0. The summed E-state index contributed by atoms with van der Waals surface area (Å²) in [6.07, 6.45) is 0. The second-order valence-electron chi connectivity index (χ2n) is 8.91. The minimum atomic E-state index is -0.531. The van der Waals surface area contributed by atoms with Crippen molar-refractivity contribution < 1.29 is 9.47 Å². The van der Waals surface area contributed by atoms with Gasteiger partial charge in [0.25, 0.3) is 0 Å². The molecule has 0 fully saturated rings. The third-order valence-corrected chi connectivity index (χ3v) is 7.16. The van der Waals surface area contributed by atoms with Crippen LogP contribution < -0.4 is 14.4 Å². The van der Waals surface area contributed by atoms with Crippen LogP contribution >= 0.6 is 0 Å². The van der Waals surface area contributed by atoms with E-state index in [4.69, 9.17) is 9.47 Å². The van der Waals surface area contributed by atoms with Gasteiger partial charge < -0.3 is 14.4 Å². The van der Waals surface area contributed by atoms with E-state index in [1.165, 1.54) is 22.3 Å². The molecule has 0 amide bonds. The minimum Gasteiger partial charge on any atom is -0.497 e. The van der Waals surface area contributed by atoms with Crippen LogP contribution in [0.4, 0.5) is 17.1 Å². The average molecular weight is 470 g/mol. The number of rotatable bonds is 5. The second-order valence-corrected chi connectivity index (χ2v) is 8.91. The number of ether oxygens (including phenoxy) is 2. The molecule has 0 unspecified atom stereocenters. The van der Waals surface area contributed by atoms with E-state index in [0.29, 0.717) is 0 Å². The van der Waals surface area contributed by atoms with E-state index in [1.807, 2.05) is 0 Å². The normalized spacial score (nSPS) is 13.4. The zero-order valence-electron chi connectivity index (χ0n) is 20.4. The average Bonchev–Trinajstić information content (AvgIpc) is 2.96. The van der Waals surface area contributed by atoms with Gasteiger partial charge in [0, 0.05) is 5.69 Å². The third-order valence-electron chi connectivity index (χ3n) is 7.16. The molecule has 0 saturated heterocycles. The number of hydrogen-bond acceptors (Lipinski definition) is 3. The van der Waals surface area contributed by atoms with Crippen LogP contribution in [0.1, 0.15) is 22.3 Å². The summed E-state index contributed by atoms with van der Waals surface area (Å²) in [5, 5.41) is 0. The smallest absolute Gasteiger partial charge is 0.118 e. The van der Waals surface area contributed by atoms with Crippen LogP contribution in [0.25, 0.3) is 0 Å². The number of nitrogens with zero attached hydrogens (tertiary/aromatic N) is 1. The highest BCUT2D eigenvalue weighted by Gasteiger charge is 2.46. The topological polar surface area (TPSA) is 21.7 Å². The van der Waals surface area contributed by atoms with Crippen molar-refractivity contribution in [2.24, 2.45) is 0 Å². The molecule has 6 rings (SSSR count). The van der Waals surface area contributed by atoms with E-state index in [0.717, 1.165) is 28.6 Å². The van der Waals surface area contributed by atoms with Gasteiger partial charge in [-0.2, -0.15) is 0 Å². The molecule has 36 heavy (non-hydrogen) atoms. The number of anilines is 3. The number of benzene rings is 5. The van der Waals surface area contributed by atoms with Gasteiger partial charge in [-0.05, 0) is 70.8 Å². The Morgan fingerprint density at radius 2 is 0.889 bits per heavy atom. The van der Waals surface area contributed by atoms with Crippen LogP contribution in [0, 0.1) is 0 Å². The lowest BCUT2D eigenvalue weighted by atomic mass is 9.62. The quantitative estimate of drug-likeness (QED) is 0.256. The first-order valence-electron chi connectivity index (χ1n) is 12.1. The standard InChI is InChI=1S/C33H27NO2/c1-35-27-20-16-24(17-21-27)33(25-18-22-28(36-2)23-19-25)29-12-6-8-14-31(29)34(26-10-4-3-5-11-26)32-15-9-7-13-30(32)33/h3-23H,1-2H3. The van der Waals surface area contributed by atoms with Gasteiger partial charge in [-0.3, -0.25) is 0 Å². The molecule has 176 valence electrons. The summed E-state index contributed by atoms with van der Waals surface area (Å²) in [7, 11) is 3.41. The van der Waals surface area contributed by atoms with Crippen LogP contribution in [-0.4, -0.2) is 14.2 Å². The zero-order valence-corrected chi connectivity index (χ0v) is 20.4. The van der Waals surface area contributed by atoms with Crippen LogP contribution in [-0.2, 0) is 5.41 Å². The lowest BCUT2D eigenvalue weighted by molar-refractivity contribution is 0.414. The van der Waals surface area contributed by atoms with Crippen LogP contribution in [0.15, 0.2) is 127 Å². The fourth-order valence-electron chi connectivity index (χ4n) is 5.57. The Hall–Kier alpha value is -4.50. The van der Waals surface area contributed by atoms with Gasteiger partial charge in [-0.1, -0.05) is 78.9 Å². The fourth-order valence-corrected chi connectivity index (χ4v) is 5.57. The highest BCUT2D eigenvalue weighted by molar-refractivity contribution is 5.89. The van der Waals surface area contributed by atoms with E-state index < -0.39 is 5.41 Å². The Balaban J connectivity index is 1.73. The van der Waals surface area contributed by atoms with Crippen LogP contribution in [0.5, 0.6) is 11.5 Å². The van der Waals surface area contributed by atoms with Gasteiger partial charge in [0.15, 0.2) is 0 Å². The Kier molecular flexibility index (Phi) is 5.46. The first-order valence-corrected chi connectivity index (χ1v) is 12.1. The van der Waals surface area contributed by atoms with Gasteiger partial charge in [0.05, 0.1) is 31.0 Å². The summed E-state index contributed by atoms with van der Waals surface area (Å²) in [5.74, 6) is 1.68. The van der Waals surface area contributed by atoms with Crippen molar-refractivity contribution in [2.45, 2.75) is 5.41 Å². The molecule has 1 aliphatic rings. The molecular weight excluding hydrogens is 442 g/mol. The van der Waals surface area contributed by atoms with Gasteiger partial charge in [0.2, 0.25) is 0 Å². The molecule has 0 aliphatic carbocycles. The molecule has 3 nitrogen and oxygen atoms in total. The Bertz CT molecular complexity index is 1390. The summed E-state index contributed by atoms with van der Waals surface area (Å²) >= 11 is 0. The van der Waals surface area contributed by atoms with Gasteiger partial charge in [-0.15, -0.1) is 0 Å². The lowest BCUT2D eigenvalue weighted by Crippen LogP contribution is -2.37. The predicted molar refractivity (Wildman–Crippen MR) is 146 cm³/mol. The maximum Gasteiger partial charge on any atom is 0.118 e. The highest BCUT2D eigenvalue weighted by atomic mass is 16.5. The van der Waals surface area contributed by atoms with Crippen molar-refractivity contribution in [1.82, 2.24) is 0 Å². The summed E-state index contributed by atoms with van der Waals surface area (Å²) in [6, 6.07) is 45.0. The molecule has 3 heteroatoms. The van der Waals surface area contributed by atoms with E-state index in [2.05, 4.69) is 132 Å². The van der Waals surface area contributed by atoms with Crippen molar-refractivity contribution in [1.29, 1.82) is 0 Å². The summed E-state index contributed by atoms with van der Waals surface area (Å²) in [6.45, 7) is 0. The summed E-state index contributed by atoms with van der Waals surface area (Å²) in [4.78, 5) is 2.37. The van der Waals surface area contributed by atoms with Crippen LogP contribution in [0.2, 0.25) is 0 Å². The molecule has 0 saturated carbocycles. The van der Waals surface area contributed by atoms with E-state index in [9.17, 15) is 0 Å². The molecule has 0 atom stereocenters. The van der Waals surface area contributed by atoms with Crippen molar-refractivity contribution >= 4 is 17.1 Å². The largest absolute Gasteiger partial charge is 0.497 e. The molecule has 1 heterocycles. The minimum absolute atomic E-state index is 0.531. The van der Waals surface area contributed by atoms with Gasteiger partial charge in [-0.25, -0.2) is 0 Å². The monoisotopic (exact) mass is 469 g/mol. The van der Waals surface area contributed by atoms with Gasteiger partial charge >= 0.3 is 0 Å². The van der Waals surface area contributed by atoms with E-state index in [1.54, 1.807) is 14.2 Å². The van der Waals surface area contributed by atoms with E-state index in [-0.39, 0.29) is 0 Å². The fraction of sp³-hybridized carbons (Fsp3) is 0.0909. The first kappa shape index (κ1) is 22.0. The predicted octanol–water partition coefficient (Wildman–Crippen LogP) is 7.87. The molecule has 5 aromatic rings. The highest BCUT2D eigenvalue weighted by Crippen LogP contribution is 2.57. The molecule has 0 bridgehead atoms.